The first-order valence-electron chi connectivity index (χ1n) is 11.6. The summed E-state index contributed by atoms with van der Waals surface area (Å²) in [4.78, 5) is 13.5. The highest BCUT2D eigenvalue weighted by molar-refractivity contribution is 7.92. The molecule has 0 aliphatic heterocycles. The van der Waals surface area contributed by atoms with E-state index in [0.717, 1.165) is 28.7 Å². The third-order valence-electron chi connectivity index (χ3n) is 5.99. The van der Waals surface area contributed by atoms with Gasteiger partial charge in [-0.3, -0.25) is 9.10 Å². The minimum atomic E-state index is -3.96. The lowest BCUT2D eigenvalue weighted by Gasteiger charge is -2.28. The molecule has 0 saturated carbocycles. The first-order valence-corrected chi connectivity index (χ1v) is 13.0. The molecule has 3 aromatic rings. The van der Waals surface area contributed by atoms with Crippen molar-refractivity contribution in [2.24, 2.45) is 5.92 Å². The van der Waals surface area contributed by atoms with Gasteiger partial charge in [-0.2, -0.15) is 0 Å². The van der Waals surface area contributed by atoms with Crippen molar-refractivity contribution in [3.8, 4) is 0 Å². The van der Waals surface area contributed by atoms with Crippen LogP contribution in [-0.4, -0.2) is 20.9 Å². The summed E-state index contributed by atoms with van der Waals surface area (Å²) >= 11 is 0. The van der Waals surface area contributed by atoms with E-state index in [4.69, 9.17) is 0 Å². The molecule has 3 aromatic carbocycles. The van der Waals surface area contributed by atoms with Crippen LogP contribution >= 0.6 is 0 Å². The number of nitrogens with zero attached hydrogens (tertiary/aromatic N) is 1. The predicted molar refractivity (Wildman–Crippen MR) is 138 cm³/mol. The Morgan fingerprint density at radius 3 is 2.15 bits per heavy atom. The fourth-order valence-corrected chi connectivity index (χ4v) is 5.43. The molecule has 0 aromatic heterocycles. The van der Waals surface area contributed by atoms with Crippen LogP contribution in [-0.2, 0) is 14.8 Å². The Morgan fingerprint density at radius 2 is 1.53 bits per heavy atom. The highest BCUT2D eigenvalue weighted by atomic mass is 32.2. The smallest absolute Gasteiger partial charge is 0.264 e. The lowest BCUT2D eigenvalue weighted by Crippen LogP contribution is -2.42. The highest BCUT2D eigenvalue weighted by Gasteiger charge is 2.29. The van der Waals surface area contributed by atoms with Crippen molar-refractivity contribution >= 4 is 21.6 Å². The summed E-state index contributed by atoms with van der Waals surface area (Å²) in [7, 11) is -3.96. The number of rotatable bonds is 9. The maximum absolute atomic E-state index is 13.7. The molecule has 0 fully saturated rings. The quantitative estimate of drug-likeness (QED) is 0.428. The fraction of sp³-hybridized carbons (Fsp3) is 0.321. The summed E-state index contributed by atoms with van der Waals surface area (Å²) in [5, 5.41) is 3.09. The molecule has 0 spiro atoms. The Morgan fingerprint density at radius 1 is 0.882 bits per heavy atom. The molecule has 1 atom stereocenters. The van der Waals surface area contributed by atoms with Crippen molar-refractivity contribution in [2.75, 3.05) is 10.8 Å². The summed E-state index contributed by atoms with van der Waals surface area (Å²) in [6.45, 7) is 9.63. The van der Waals surface area contributed by atoms with E-state index in [-0.39, 0.29) is 23.4 Å². The van der Waals surface area contributed by atoms with Crippen molar-refractivity contribution in [3.05, 3.63) is 95.1 Å². The van der Waals surface area contributed by atoms with E-state index in [1.165, 1.54) is 4.31 Å². The van der Waals surface area contributed by atoms with E-state index in [1.54, 1.807) is 30.3 Å². The van der Waals surface area contributed by atoms with Gasteiger partial charge in [0.1, 0.15) is 6.54 Å². The summed E-state index contributed by atoms with van der Waals surface area (Å²) in [5.74, 6) is 0.0167. The number of nitrogens with one attached hydrogen (secondary N) is 1. The van der Waals surface area contributed by atoms with Gasteiger partial charge in [-0.25, -0.2) is 8.42 Å². The third kappa shape index (κ3) is 6.06. The number of aryl methyl sites for hydroxylation is 2. The topological polar surface area (TPSA) is 66.5 Å². The number of sulfonamides is 1. The zero-order valence-corrected chi connectivity index (χ0v) is 21.4. The molecular formula is C28H34N2O3S. The van der Waals surface area contributed by atoms with E-state index in [1.807, 2.05) is 63.2 Å². The van der Waals surface area contributed by atoms with E-state index in [2.05, 4.69) is 19.2 Å². The second-order valence-corrected chi connectivity index (χ2v) is 11.1. The molecule has 1 amide bonds. The number of carbonyl (C=O) groups excluding carboxylic acids is 1. The van der Waals surface area contributed by atoms with Crippen LogP contribution in [0.2, 0.25) is 0 Å². The highest BCUT2D eigenvalue weighted by Crippen LogP contribution is 2.29. The Hall–Kier alpha value is -3.12. The van der Waals surface area contributed by atoms with Gasteiger partial charge in [0.2, 0.25) is 5.91 Å². The van der Waals surface area contributed by atoms with Crippen molar-refractivity contribution in [1.29, 1.82) is 0 Å². The van der Waals surface area contributed by atoms with Crippen molar-refractivity contribution in [2.45, 2.75) is 52.0 Å². The van der Waals surface area contributed by atoms with Crippen LogP contribution in [0.4, 0.5) is 5.69 Å². The molecule has 5 nitrogen and oxygen atoms in total. The molecule has 0 bridgehead atoms. The second kappa shape index (κ2) is 10.9. The molecule has 1 N–H and O–H groups in total. The van der Waals surface area contributed by atoms with Gasteiger partial charge in [0, 0.05) is 0 Å². The predicted octanol–water partition coefficient (Wildman–Crippen LogP) is 5.71. The minimum absolute atomic E-state index is 0.161. The van der Waals surface area contributed by atoms with Crippen LogP contribution in [0, 0.1) is 26.7 Å². The maximum Gasteiger partial charge on any atom is 0.264 e. The Bertz CT molecular complexity index is 1220. The van der Waals surface area contributed by atoms with E-state index in [0.29, 0.717) is 11.6 Å². The number of amides is 1. The molecule has 6 heteroatoms. The lowest BCUT2D eigenvalue weighted by molar-refractivity contribution is -0.120. The van der Waals surface area contributed by atoms with Crippen molar-refractivity contribution in [3.63, 3.8) is 0 Å². The first kappa shape index (κ1) is 25.5. The Balaban J connectivity index is 1.97. The zero-order valence-electron chi connectivity index (χ0n) is 20.6. The summed E-state index contributed by atoms with van der Waals surface area (Å²) in [6, 6.07) is 21.8. The molecule has 180 valence electrons. The van der Waals surface area contributed by atoms with Crippen LogP contribution in [0.25, 0.3) is 0 Å². The second-order valence-electron chi connectivity index (χ2n) is 9.20. The fourth-order valence-electron chi connectivity index (χ4n) is 3.95. The van der Waals surface area contributed by atoms with Crippen LogP contribution in [0.5, 0.6) is 0 Å². The van der Waals surface area contributed by atoms with Gasteiger partial charge in [-0.05, 0) is 68.0 Å². The molecule has 34 heavy (non-hydrogen) atoms. The van der Waals surface area contributed by atoms with Gasteiger partial charge < -0.3 is 5.32 Å². The largest absolute Gasteiger partial charge is 0.348 e. The number of carbonyl (C=O) groups is 1. The van der Waals surface area contributed by atoms with Crippen molar-refractivity contribution in [1.82, 2.24) is 5.32 Å². The SMILES string of the molecule is Cc1ccc(S(=O)(=O)N(CC(=O)N[C@H](CC(C)C)c2ccccc2)c2cccc(C)c2C)cc1. The van der Waals surface area contributed by atoms with Crippen LogP contribution < -0.4 is 9.62 Å². The molecule has 0 radical (unpaired) electrons. The van der Waals surface area contributed by atoms with Gasteiger partial charge >= 0.3 is 0 Å². The number of anilines is 1. The number of hydrogen-bond donors (Lipinski definition) is 1. The molecule has 0 saturated heterocycles. The van der Waals surface area contributed by atoms with Crippen LogP contribution in [0.15, 0.2) is 77.7 Å². The molecule has 0 aliphatic carbocycles. The van der Waals surface area contributed by atoms with Crippen molar-refractivity contribution < 1.29 is 13.2 Å². The number of hydrogen-bond acceptors (Lipinski definition) is 3. The average molecular weight is 479 g/mol. The molecule has 0 heterocycles. The minimum Gasteiger partial charge on any atom is -0.348 e. The first-order chi connectivity index (χ1) is 16.1. The van der Waals surface area contributed by atoms with E-state index in [9.17, 15) is 13.2 Å². The molecule has 3 rings (SSSR count). The normalized spacial score (nSPS) is 12.4. The van der Waals surface area contributed by atoms with Gasteiger partial charge in [0.15, 0.2) is 0 Å². The lowest BCUT2D eigenvalue weighted by atomic mass is 9.97. The van der Waals surface area contributed by atoms with Gasteiger partial charge in [-0.15, -0.1) is 0 Å². The van der Waals surface area contributed by atoms with Gasteiger partial charge in [0.25, 0.3) is 10.0 Å². The Labute approximate surface area is 203 Å². The summed E-state index contributed by atoms with van der Waals surface area (Å²) < 4.78 is 28.7. The monoisotopic (exact) mass is 478 g/mol. The maximum atomic E-state index is 13.7. The number of benzene rings is 3. The zero-order chi connectivity index (χ0) is 24.9. The van der Waals surface area contributed by atoms with E-state index >= 15 is 0 Å². The van der Waals surface area contributed by atoms with Gasteiger partial charge in [0.05, 0.1) is 16.6 Å². The average Bonchev–Trinajstić information content (AvgIpc) is 2.79. The Kier molecular flexibility index (Phi) is 8.15. The molecule has 0 unspecified atom stereocenters. The van der Waals surface area contributed by atoms with Crippen LogP contribution in [0.3, 0.4) is 0 Å². The molecule has 0 aliphatic rings. The standard InChI is InChI=1S/C28H34N2O3S/c1-20(2)18-26(24-11-7-6-8-12-24)29-28(31)19-30(27-13-9-10-22(4)23(27)5)34(32,33)25-16-14-21(3)15-17-25/h6-17,20,26H,18-19H2,1-5H3,(H,29,31)/t26-/m1/s1. The summed E-state index contributed by atoms with van der Waals surface area (Å²) in [5.41, 5.74) is 4.27. The van der Waals surface area contributed by atoms with Crippen LogP contribution in [0.1, 0.15) is 48.6 Å². The van der Waals surface area contributed by atoms with Gasteiger partial charge in [-0.1, -0.05) is 74.0 Å². The molecular weight excluding hydrogens is 444 g/mol. The summed E-state index contributed by atoms with van der Waals surface area (Å²) in [6.07, 6.45) is 0.754. The van der Waals surface area contributed by atoms with E-state index < -0.39 is 10.0 Å². The third-order valence-corrected chi connectivity index (χ3v) is 7.76.